The van der Waals surface area contributed by atoms with Crippen LogP contribution in [0.4, 0.5) is 13.2 Å². The van der Waals surface area contributed by atoms with Crippen molar-refractivity contribution in [1.29, 1.82) is 0 Å². The zero-order chi connectivity index (χ0) is 27.3. The second-order valence-corrected chi connectivity index (χ2v) is 7.76. The van der Waals surface area contributed by atoms with Crippen LogP contribution < -0.4 is 14.9 Å². The van der Waals surface area contributed by atoms with Crippen LogP contribution in [0, 0.1) is 0 Å². The normalized spacial score (nSPS) is 11.5. The van der Waals surface area contributed by atoms with Crippen LogP contribution in [0.15, 0.2) is 88.1 Å². The summed E-state index contributed by atoms with van der Waals surface area (Å²) in [6, 6.07) is 17.4. The first-order chi connectivity index (χ1) is 18.2. The highest BCUT2D eigenvalue weighted by molar-refractivity contribution is 5.90. The summed E-state index contributed by atoms with van der Waals surface area (Å²) in [5.41, 5.74) is -0.645. The minimum absolute atomic E-state index is 0.125. The molecule has 0 radical (unpaired) electrons. The number of ether oxygens (including phenoxy) is 3. The molecule has 0 amide bonds. The number of halogens is 3. The predicted octanol–water partition coefficient (Wildman–Crippen LogP) is 6.40. The topological polar surface area (TPSA) is 92.0 Å². The standard InChI is InChI=1S/C28H19F3O7/c1-2-35-27(34)18-9-11-19(12-10-18)37-25-24(33)21-14-13-20(16-22(21)38-26(25)28(29,30)31)36-23(32)15-8-17-6-4-3-5-7-17/h3-16H,2H2,1H3. The van der Waals surface area contributed by atoms with Crippen molar-refractivity contribution in [3.63, 3.8) is 0 Å². The van der Waals surface area contributed by atoms with Gasteiger partial charge in [0, 0.05) is 12.1 Å². The largest absolute Gasteiger partial charge is 0.462 e. The van der Waals surface area contributed by atoms with Crippen molar-refractivity contribution in [1.82, 2.24) is 0 Å². The average Bonchev–Trinajstić information content (AvgIpc) is 2.89. The highest BCUT2D eigenvalue weighted by Gasteiger charge is 2.40. The first-order valence-electron chi connectivity index (χ1n) is 11.2. The molecule has 0 saturated heterocycles. The van der Waals surface area contributed by atoms with Crippen LogP contribution >= 0.6 is 0 Å². The first kappa shape index (κ1) is 26.2. The SMILES string of the molecule is CCOC(=O)c1ccc(Oc2c(C(F)(F)F)oc3cc(OC(=O)C=Cc4ccccc4)ccc3c2=O)cc1. The Morgan fingerprint density at radius 3 is 2.29 bits per heavy atom. The van der Waals surface area contributed by atoms with Crippen molar-refractivity contribution in [2.45, 2.75) is 13.1 Å². The predicted molar refractivity (Wildman–Crippen MR) is 131 cm³/mol. The second kappa shape index (κ2) is 11.0. The van der Waals surface area contributed by atoms with Crippen molar-refractivity contribution in [3.05, 3.63) is 106 Å². The fraction of sp³-hybridized carbons (Fsp3) is 0.107. The van der Waals surface area contributed by atoms with E-state index in [4.69, 9.17) is 18.6 Å². The highest BCUT2D eigenvalue weighted by atomic mass is 19.4. The van der Waals surface area contributed by atoms with Crippen LogP contribution in [0.25, 0.3) is 17.0 Å². The Morgan fingerprint density at radius 2 is 1.63 bits per heavy atom. The summed E-state index contributed by atoms with van der Waals surface area (Å²) in [6.07, 6.45) is -2.42. The fourth-order valence-electron chi connectivity index (χ4n) is 3.37. The molecule has 4 aromatic rings. The number of carbonyl (C=O) groups is 2. The molecule has 0 aliphatic heterocycles. The van der Waals surface area contributed by atoms with Gasteiger partial charge in [0.2, 0.25) is 11.2 Å². The molecule has 7 nitrogen and oxygen atoms in total. The Labute approximate surface area is 213 Å². The maximum Gasteiger partial charge on any atom is 0.453 e. The minimum atomic E-state index is -5.08. The summed E-state index contributed by atoms with van der Waals surface area (Å²) in [5.74, 6) is -4.41. The molecular weight excluding hydrogens is 505 g/mol. The Hall–Kier alpha value is -4.86. The molecule has 10 heteroatoms. The number of hydrogen-bond donors (Lipinski definition) is 0. The maximum absolute atomic E-state index is 13.8. The van der Waals surface area contributed by atoms with Gasteiger partial charge in [0.05, 0.1) is 17.6 Å². The smallest absolute Gasteiger partial charge is 0.453 e. The van der Waals surface area contributed by atoms with E-state index in [9.17, 15) is 27.6 Å². The number of alkyl halides is 3. The summed E-state index contributed by atoms with van der Waals surface area (Å²) in [7, 11) is 0. The number of fused-ring (bicyclic) bond motifs is 1. The molecule has 194 valence electrons. The lowest BCUT2D eigenvalue weighted by molar-refractivity contribution is -0.154. The fourth-order valence-corrected chi connectivity index (χ4v) is 3.37. The molecule has 0 aliphatic rings. The summed E-state index contributed by atoms with van der Waals surface area (Å²) in [4.78, 5) is 36.9. The lowest BCUT2D eigenvalue weighted by Crippen LogP contribution is -2.15. The van der Waals surface area contributed by atoms with Crippen LogP contribution in [-0.4, -0.2) is 18.5 Å². The number of carbonyl (C=O) groups excluding carboxylic acids is 2. The highest BCUT2D eigenvalue weighted by Crippen LogP contribution is 2.38. The van der Waals surface area contributed by atoms with E-state index in [1.165, 1.54) is 42.5 Å². The van der Waals surface area contributed by atoms with E-state index in [1.54, 1.807) is 31.2 Å². The van der Waals surface area contributed by atoms with Gasteiger partial charge in [0.1, 0.15) is 17.1 Å². The van der Waals surface area contributed by atoms with Crippen LogP contribution in [0.2, 0.25) is 0 Å². The van der Waals surface area contributed by atoms with E-state index in [2.05, 4.69) is 0 Å². The molecule has 0 aliphatic carbocycles. The van der Waals surface area contributed by atoms with Gasteiger partial charge in [-0.15, -0.1) is 0 Å². The number of benzene rings is 3. The second-order valence-electron chi connectivity index (χ2n) is 7.76. The van der Waals surface area contributed by atoms with E-state index in [-0.39, 0.29) is 29.1 Å². The van der Waals surface area contributed by atoms with Gasteiger partial charge in [-0.05, 0) is 55.0 Å². The van der Waals surface area contributed by atoms with Gasteiger partial charge in [-0.1, -0.05) is 30.3 Å². The Bertz CT molecular complexity index is 1550. The van der Waals surface area contributed by atoms with Gasteiger partial charge >= 0.3 is 18.1 Å². The van der Waals surface area contributed by atoms with Crippen LogP contribution in [0.3, 0.4) is 0 Å². The summed E-state index contributed by atoms with van der Waals surface area (Å²) >= 11 is 0. The molecule has 0 atom stereocenters. The number of rotatable bonds is 7. The van der Waals surface area contributed by atoms with Crippen LogP contribution in [0.5, 0.6) is 17.2 Å². The third kappa shape index (κ3) is 6.09. The Morgan fingerprint density at radius 1 is 0.947 bits per heavy atom. The van der Waals surface area contributed by atoms with Crippen LogP contribution in [-0.2, 0) is 15.7 Å². The zero-order valence-corrected chi connectivity index (χ0v) is 19.8. The third-order valence-corrected chi connectivity index (χ3v) is 5.09. The summed E-state index contributed by atoms with van der Waals surface area (Å²) in [5, 5.41) is -0.226. The van der Waals surface area contributed by atoms with Crippen molar-refractivity contribution in [2.24, 2.45) is 0 Å². The van der Waals surface area contributed by atoms with Crippen molar-refractivity contribution in [3.8, 4) is 17.2 Å². The molecule has 0 unspecified atom stereocenters. The molecule has 1 aromatic heterocycles. The first-order valence-corrected chi connectivity index (χ1v) is 11.2. The van der Waals surface area contributed by atoms with Crippen molar-refractivity contribution in [2.75, 3.05) is 6.61 Å². The van der Waals surface area contributed by atoms with Gasteiger partial charge < -0.3 is 18.6 Å². The van der Waals surface area contributed by atoms with Crippen LogP contribution in [0.1, 0.15) is 28.6 Å². The molecule has 0 spiro atoms. The van der Waals surface area contributed by atoms with E-state index < -0.39 is 40.6 Å². The summed E-state index contributed by atoms with van der Waals surface area (Å²) in [6.45, 7) is 1.78. The molecule has 1 heterocycles. The molecule has 0 fully saturated rings. The third-order valence-electron chi connectivity index (χ3n) is 5.09. The van der Waals surface area contributed by atoms with Crippen molar-refractivity contribution >= 4 is 29.0 Å². The monoisotopic (exact) mass is 524 g/mol. The van der Waals surface area contributed by atoms with Gasteiger partial charge in [-0.3, -0.25) is 4.79 Å². The molecule has 3 aromatic carbocycles. The lowest BCUT2D eigenvalue weighted by atomic mass is 10.2. The zero-order valence-electron chi connectivity index (χ0n) is 19.8. The van der Waals surface area contributed by atoms with E-state index in [0.717, 1.165) is 17.7 Å². The molecular formula is C28H19F3O7. The van der Waals surface area contributed by atoms with E-state index in [0.29, 0.717) is 0 Å². The van der Waals surface area contributed by atoms with E-state index >= 15 is 0 Å². The summed E-state index contributed by atoms with van der Waals surface area (Å²) < 4.78 is 61.7. The molecule has 0 saturated carbocycles. The lowest BCUT2D eigenvalue weighted by Gasteiger charge is -2.13. The van der Waals surface area contributed by atoms with E-state index in [1.807, 2.05) is 6.07 Å². The minimum Gasteiger partial charge on any atom is -0.462 e. The van der Waals surface area contributed by atoms with Gasteiger partial charge in [-0.2, -0.15) is 13.2 Å². The maximum atomic E-state index is 13.8. The molecule has 0 N–H and O–H groups in total. The van der Waals surface area contributed by atoms with Gasteiger partial charge in [0.25, 0.3) is 5.76 Å². The van der Waals surface area contributed by atoms with Gasteiger partial charge in [0.15, 0.2) is 0 Å². The van der Waals surface area contributed by atoms with Crippen molar-refractivity contribution < 1.29 is 41.4 Å². The number of esters is 2. The van der Waals surface area contributed by atoms with Gasteiger partial charge in [-0.25, -0.2) is 9.59 Å². The molecule has 4 rings (SSSR count). The molecule has 0 bridgehead atoms. The number of hydrogen-bond acceptors (Lipinski definition) is 7. The quantitative estimate of drug-likeness (QED) is 0.157. The Balaban J connectivity index is 1.63. The Kier molecular flexibility index (Phi) is 7.61. The molecule has 38 heavy (non-hydrogen) atoms. The average molecular weight is 524 g/mol.